The van der Waals surface area contributed by atoms with Crippen LogP contribution in [0.3, 0.4) is 0 Å². The van der Waals surface area contributed by atoms with Gasteiger partial charge in [-0.05, 0) is 17.7 Å². The molecule has 1 aromatic carbocycles. The topological polar surface area (TPSA) is 47.3 Å². The van der Waals surface area contributed by atoms with E-state index in [9.17, 15) is 4.79 Å². The highest BCUT2D eigenvalue weighted by molar-refractivity contribution is 5.75. The summed E-state index contributed by atoms with van der Waals surface area (Å²) in [5.74, 6) is 0.248. The Balaban J connectivity index is 1.85. The number of rotatable bonds is 3. The van der Waals surface area contributed by atoms with Crippen molar-refractivity contribution in [3.8, 4) is 6.07 Å². The fraction of sp³-hybridized carbons (Fsp3) is 0.467. The Morgan fingerprint density at radius 2 is 1.84 bits per heavy atom. The zero-order valence-electron chi connectivity index (χ0n) is 11.3. The Morgan fingerprint density at radius 1 is 1.21 bits per heavy atom. The number of nitriles is 1. The number of nitrogens with zero attached hydrogens (tertiary/aromatic N) is 3. The molecule has 2 rings (SSSR count). The lowest BCUT2D eigenvalue weighted by atomic mass is 10.1. The van der Waals surface area contributed by atoms with Gasteiger partial charge in [0.25, 0.3) is 0 Å². The highest BCUT2D eigenvalue weighted by Gasteiger charge is 2.19. The minimum atomic E-state index is 0.248. The van der Waals surface area contributed by atoms with Crippen molar-refractivity contribution in [2.75, 3.05) is 26.2 Å². The van der Waals surface area contributed by atoms with Crippen LogP contribution >= 0.6 is 0 Å². The zero-order valence-corrected chi connectivity index (χ0v) is 11.3. The van der Waals surface area contributed by atoms with Crippen LogP contribution in [0.4, 0.5) is 0 Å². The van der Waals surface area contributed by atoms with Crippen LogP contribution in [-0.2, 0) is 11.3 Å². The van der Waals surface area contributed by atoms with Gasteiger partial charge < -0.3 is 4.90 Å². The van der Waals surface area contributed by atoms with Crippen LogP contribution in [0, 0.1) is 11.3 Å². The number of carbonyl (C=O) groups excluding carboxylic acids is 1. The van der Waals surface area contributed by atoms with E-state index < -0.39 is 0 Å². The highest BCUT2D eigenvalue weighted by atomic mass is 16.2. The molecule has 19 heavy (non-hydrogen) atoms. The maximum Gasteiger partial charge on any atom is 0.222 e. The van der Waals surface area contributed by atoms with Gasteiger partial charge in [-0.25, -0.2) is 0 Å². The van der Waals surface area contributed by atoms with Gasteiger partial charge in [-0.1, -0.05) is 19.1 Å². The molecule has 1 aliphatic rings. The number of piperazine rings is 1. The summed E-state index contributed by atoms with van der Waals surface area (Å²) in [5.41, 5.74) is 1.91. The third-order valence-corrected chi connectivity index (χ3v) is 3.52. The molecule has 4 nitrogen and oxygen atoms in total. The zero-order chi connectivity index (χ0) is 13.7. The summed E-state index contributed by atoms with van der Waals surface area (Å²) in [6.07, 6.45) is 0.593. The van der Waals surface area contributed by atoms with Crippen molar-refractivity contribution in [2.24, 2.45) is 0 Å². The molecule has 0 saturated carbocycles. The van der Waals surface area contributed by atoms with Gasteiger partial charge in [0.1, 0.15) is 0 Å². The van der Waals surface area contributed by atoms with Crippen molar-refractivity contribution in [3.05, 3.63) is 35.4 Å². The molecule has 0 N–H and O–H groups in total. The number of carbonyl (C=O) groups is 1. The predicted octanol–water partition coefficient (Wildman–Crippen LogP) is 1.61. The standard InChI is InChI=1S/C15H19N3O/c1-2-15(19)18-9-7-17(8-10-18)12-14-5-3-13(11-16)4-6-14/h3-6H,2,7-10,12H2,1H3. The molecule has 1 aromatic rings. The van der Waals surface area contributed by atoms with E-state index in [0.717, 1.165) is 32.7 Å². The molecule has 0 aromatic heterocycles. The molecular weight excluding hydrogens is 238 g/mol. The smallest absolute Gasteiger partial charge is 0.222 e. The van der Waals surface area contributed by atoms with Crippen LogP contribution in [-0.4, -0.2) is 41.9 Å². The first kappa shape index (κ1) is 13.6. The van der Waals surface area contributed by atoms with Gasteiger partial charge >= 0.3 is 0 Å². The van der Waals surface area contributed by atoms with Crippen molar-refractivity contribution in [1.29, 1.82) is 5.26 Å². The van der Waals surface area contributed by atoms with Crippen molar-refractivity contribution in [2.45, 2.75) is 19.9 Å². The summed E-state index contributed by atoms with van der Waals surface area (Å²) in [6.45, 7) is 6.29. The average Bonchev–Trinajstić information content (AvgIpc) is 2.48. The van der Waals surface area contributed by atoms with E-state index in [4.69, 9.17) is 5.26 Å². The van der Waals surface area contributed by atoms with Crippen LogP contribution < -0.4 is 0 Å². The van der Waals surface area contributed by atoms with Crippen molar-refractivity contribution < 1.29 is 4.79 Å². The third kappa shape index (κ3) is 3.55. The molecule has 1 heterocycles. The van der Waals surface area contributed by atoms with E-state index in [1.165, 1.54) is 5.56 Å². The number of hydrogen-bond donors (Lipinski definition) is 0. The highest BCUT2D eigenvalue weighted by Crippen LogP contribution is 2.10. The van der Waals surface area contributed by atoms with Gasteiger partial charge in [0.15, 0.2) is 0 Å². The van der Waals surface area contributed by atoms with Gasteiger partial charge in [0.05, 0.1) is 11.6 Å². The maximum atomic E-state index is 11.6. The number of hydrogen-bond acceptors (Lipinski definition) is 3. The van der Waals surface area contributed by atoms with Crippen LogP contribution in [0.2, 0.25) is 0 Å². The third-order valence-electron chi connectivity index (χ3n) is 3.52. The number of benzene rings is 1. The molecule has 0 spiro atoms. The molecule has 1 fully saturated rings. The van der Waals surface area contributed by atoms with Crippen molar-refractivity contribution in [1.82, 2.24) is 9.80 Å². The van der Waals surface area contributed by atoms with Crippen molar-refractivity contribution in [3.63, 3.8) is 0 Å². The SMILES string of the molecule is CCC(=O)N1CCN(Cc2ccc(C#N)cc2)CC1. The molecule has 1 saturated heterocycles. The molecule has 1 amide bonds. The van der Waals surface area contributed by atoms with Gasteiger partial charge in [0.2, 0.25) is 5.91 Å². The average molecular weight is 257 g/mol. The molecule has 4 heteroatoms. The van der Waals surface area contributed by atoms with Gasteiger partial charge in [0, 0.05) is 39.1 Å². The van der Waals surface area contributed by atoms with Crippen LogP contribution in [0.5, 0.6) is 0 Å². The first-order valence-electron chi connectivity index (χ1n) is 6.72. The summed E-state index contributed by atoms with van der Waals surface area (Å²) >= 11 is 0. The van der Waals surface area contributed by atoms with Gasteiger partial charge in [-0.2, -0.15) is 5.26 Å². The maximum absolute atomic E-state index is 11.6. The Morgan fingerprint density at radius 3 is 2.37 bits per heavy atom. The normalized spacial score (nSPS) is 16.1. The van der Waals surface area contributed by atoms with E-state index in [2.05, 4.69) is 11.0 Å². The molecule has 0 atom stereocenters. The van der Waals surface area contributed by atoms with Crippen LogP contribution in [0.25, 0.3) is 0 Å². The number of amides is 1. The lowest BCUT2D eigenvalue weighted by Gasteiger charge is -2.34. The van der Waals surface area contributed by atoms with Crippen LogP contribution in [0.1, 0.15) is 24.5 Å². The van der Waals surface area contributed by atoms with Gasteiger partial charge in [-0.3, -0.25) is 9.69 Å². The van der Waals surface area contributed by atoms with Crippen LogP contribution in [0.15, 0.2) is 24.3 Å². The lowest BCUT2D eigenvalue weighted by Crippen LogP contribution is -2.48. The fourth-order valence-electron chi connectivity index (χ4n) is 2.32. The first-order valence-corrected chi connectivity index (χ1v) is 6.72. The Hall–Kier alpha value is -1.86. The predicted molar refractivity (Wildman–Crippen MR) is 73.3 cm³/mol. The van der Waals surface area contributed by atoms with E-state index in [-0.39, 0.29) is 5.91 Å². The van der Waals surface area contributed by atoms with E-state index in [0.29, 0.717) is 12.0 Å². The Bertz CT molecular complexity index is 467. The largest absolute Gasteiger partial charge is 0.340 e. The summed E-state index contributed by atoms with van der Waals surface area (Å²) in [6, 6.07) is 9.84. The van der Waals surface area contributed by atoms with Gasteiger partial charge in [-0.15, -0.1) is 0 Å². The molecular formula is C15H19N3O. The second-order valence-electron chi connectivity index (χ2n) is 4.82. The minimum Gasteiger partial charge on any atom is -0.340 e. The quantitative estimate of drug-likeness (QED) is 0.826. The molecule has 100 valence electrons. The summed E-state index contributed by atoms with van der Waals surface area (Å²) < 4.78 is 0. The van der Waals surface area contributed by atoms with Crippen molar-refractivity contribution >= 4 is 5.91 Å². The molecule has 1 aliphatic heterocycles. The van der Waals surface area contributed by atoms with E-state index >= 15 is 0 Å². The molecule has 0 bridgehead atoms. The lowest BCUT2D eigenvalue weighted by molar-refractivity contribution is -0.132. The first-order chi connectivity index (χ1) is 9.22. The fourth-order valence-corrected chi connectivity index (χ4v) is 2.32. The Labute approximate surface area is 114 Å². The Kier molecular flexibility index (Phi) is 4.53. The van der Waals surface area contributed by atoms with E-state index in [1.54, 1.807) is 0 Å². The minimum absolute atomic E-state index is 0.248. The monoisotopic (exact) mass is 257 g/mol. The second kappa shape index (κ2) is 6.35. The second-order valence-corrected chi connectivity index (χ2v) is 4.82. The summed E-state index contributed by atoms with van der Waals surface area (Å²) in [4.78, 5) is 15.9. The molecule has 0 radical (unpaired) electrons. The summed E-state index contributed by atoms with van der Waals surface area (Å²) in [7, 11) is 0. The molecule has 0 unspecified atom stereocenters. The molecule has 0 aliphatic carbocycles. The summed E-state index contributed by atoms with van der Waals surface area (Å²) in [5, 5.41) is 8.76. The van der Waals surface area contributed by atoms with E-state index in [1.807, 2.05) is 36.1 Å².